The Kier molecular flexibility index (Phi) is 44.7. The molecule has 0 N–H and O–H groups in total. The number of esters is 3. The van der Waals surface area contributed by atoms with Crippen molar-refractivity contribution in [2.45, 2.75) is 181 Å². The Labute approximate surface area is 373 Å². The lowest BCUT2D eigenvalue weighted by atomic mass is 10.1. The van der Waals surface area contributed by atoms with E-state index >= 15 is 0 Å². The maximum Gasteiger partial charge on any atom is 0.306 e. The number of hydrogen-bond donors (Lipinski definition) is 0. The van der Waals surface area contributed by atoms with E-state index in [9.17, 15) is 14.4 Å². The van der Waals surface area contributed by atoms with Gasteiger partial charge in [-0.3, -0.25) is 14.4 Å². The standard InChI is InChI=1S/C55H84O6/c1-4-7-10-13-16-19-22-25-26-27-28-31-33-36-39-42-45-48-54(57)60-51-52(61-55(58)49-46-43-40-37-34-30-24-21-18-15-12-9-6-3)50-59-53(56)47-44-41-38-35-32-29-23-20-17-14-11-8-5-2/h8-9,11-12,14-15,17-18,20-21,23-26,28,30-31,34,36-37,39-40,52H,4-7,10,13,16,19,22,27,29,32-33,35,38,41-51H2,1-3H3/b11-8+,12-9+,17-14+,18-15+,23-20+,24-21+,26-25+,31-28+,34-30+,39-36+,40-37+. The van der Waals surface area contributed by atoms with E-state index in [1.807, 2.05) is 60.8 Å². The van der Waals surface area contributed by atoms with Crippen molar-refractivity contribution in [3.8, 4) is 0 Å². The Bertz CT molecular complexity index is 1380. The van der Waals surface area contributed by atoms with Crippen LogP contribution in [0.15, 0.2) is 134 Å². The molecule has 0 spiro atoms. The number of hydrogen-bond acceptors (Lipinski definition) is 6. The van der Waals surface area contributed by atoms with Crippen molar-refractivity contribution < 1.29 is 28.6 Å². The van der Waals surface area contributed by atoms with E-state index in [1.165, 1.54) is 44.9 Å². The van der Waals surface area contributed by atoms with E-state index in [1.54, 1.807) is 0 Å². The molecule has 6 nitrogen and oxygen atoms in total. The second-order valence-electron chi connectivity index (χ2n) is 15.1. The molecule has 1 atom stereocenters. The molecule has 0 radical (unpaired) electrons. The zero-order chi connectivity index (χ0) is 44.4. The van der Waals surface area contributed by atoms with Gasteiger partial charge in [0.15, 0.2) is 6.10 Å². The first-order valence-corrected chi connectivity index (χ1v) is 23.8. The molecule has 0 bridgehead atoms. The van der Waals surface area contributed by atoms with Crippen molar-refractivity contribution in [3.05, 3.63) is 134 Å². The Morgan fingerprint density at radius 2 is 0.721 bits per heavy atom. The lowest BCUT2D eigenvalue weighted by Crippen LogP contribution is -2.30. The molecule has 0 amide bonds. The molecule has 0 aliphatic heterocycles. The topological polar surface area (TPSA) is 78.9 Å². The van der Waals surface area contributed by atoms with Crippen LogP contribution < -0.4 is 0 Å². The second kappa shape index (κ2) is 48.2. The second-order valence-corrected chi connectivity index (χ2v) is 15.1. The van der Waals surface area contributed by atoms with Gasteiger partial charge in [0.2, 0.25) is 0 Å². The third-order valence-electron chi connectivity index (χ3n) is 9.31. The number of carbonyl (C=O) groups is 3. The van der Waals surface area contributed by atoms with Crippen LogP contribution in [0, 0.1) is 0 Å². The summed E-state index contributed by atoms with van der Waals surface area (Å²) in [4.78, 5) is 37.8. The fraction of sp³-hybridized carbons (Fsp3) is 0.545. The molecule has 61 heavy (non-hydrogen) atoms. The number of allylic oxidation sites excluding steroid dienone is 22. The summed E-state index contributed by atoms with van der Waals surface area (Å²) in [7, 11) is 0. The van der Waals surface area contributed by atoms with Crippen molar-refractivity contribution in [2.75, 3.05) is 13.2 Å². The molecular formula is C55H84O6. The van der Waals surface area contributed by atoms with Crippen LogP contribution >= 0.6 is 0 Å². The lowest BCUT2D eigenvalue weighted by Gasteiger charge is -2.18. The smallest absolute Gasteiger partial charge is 0.306 e. The molecule has 0 heterocycles. The SMILES string of the molecule is CC/C=C/C=C/C=C/C=C/C=C/CCCC(=O)OC(COC(=O)CCC/C=C/C/C=C/C/C=C/CCCCCCCC)COC(=O)CCCCCCC/C=C/C=C/C=C/CC. The molecule has 0 aromatic rings. The minimum atomic E-state index is -0.847. The summed E-state index contributed by atoms with van der Waals surface area (Å²) in [6.07, 6.45) is 67.4. The minimum absolute atomic E-state index is 0.139. The molecule has 0 aliphatic carbocycles. The molecule has 0 fully saturated rings. The molecule has 0 saturated heterocycles. The molecular weight excluding hydrogens is 757 g/mol. The third kappa shape index (κ3) is 46.5. The lowest BCUT2D eigenvalue weighted by molar-refractivity contribution is -0.167. The Hall–Kier alpha value is -4.45. The van der Waals surface area contributed by atoms with Crippen LogP contribution in [0.3, 0.4) is 0 Å². The monoisotopic (exact) mass is 841 g/mol. The molecule has 6 heteroatoms. The zero-order valence-electron chi connectivity index (χ0n) is 38.6. The van der Waals surface area contributed by atoms with E-state index in [0.717, 1.165) is 70.6 Å². The maximum absolute atomic E-state index is 12.7. The highest BCUT2D eigenvalue weighted by atomic mass is 16.6. The Morgan fingerprint density at radius 3 is 1.23 bits per heavy atom. The molecule has 1 unspecified atom stereocenters. The van der Waals surface area contributed by atoms with E-state index in [2.05, 4.69) is 93.7 Å². The van der Waals surface area contributed by atoms with Crippen LogP contribution in [0.5, 0.6) is 0 Å². The van der Waals surface area contributed by atoms with Crippen LogP contribution in [0.2, 0.25) is 0 Å². The minimum Gasteiger partial charge on any atom is -0.462 e. The highest BCUT2D eigenvalue weighted by Gasteiger charge is 2.19. The first-order chi connectivity index (χ1) is 30.0. The zero-order valence-corrected chi connectivity index (χ0v) is 38.6. The van der Waals surface area contributed by atoms with E-state index < -0.39 is 12.1 Å². The molecule has 0 aromatic carbocycles. The van der Waals surface area contributed by atoms with Crippen molar-refractivity contribution in [1.82, 2.24) is 0 Å². The normalized spacial score (nSPS) is 13.3. The largest absolute Gasteiger partial charge is 0.462 e. The van der Waals surface area contributed by atoms with Gasteiger partial charge in [0.1, 0.15) is 13.2 Å². The molecule has 0 saturated carbocycles. The number of rotatable bonds is 40. The highest BCUT2D eigenvalue weighted by molar-refractivity contribution is 5.71. The number of unbranched alkanes of at least 4 members (excludes halogenated alkanes) is 13. The quantitative estimate of drug-likeness (QED) is 0.0201. The van der Waals surface area contributed by atoms with E-state index in [-0.39, 0.29) is 38.0 Å². The molecule has 0 aliphatic rings. The van der Waals surface area contributed by atoms with Gasteiger partial charge in [0.25, 0.3) is 0 Å². The summed E-state index contributed by atoms with van der Waals surface area (Å²) in [6.45, 7) is 6.19. The van der Waals surface area contributed by atoms with E-state index in [4.69, 9.17) is 14.2 Å². The summed E-state index contributed by atoms with van der Waals surface area (Å²) in [5.74, 6) is -1.10. The Balaban J connectivity index is 4.62. The summed E-state index contributed by atoms with van der Waals surface area (Å²) in [5, 5.41) is 0. The Morgan fingerprint density at radius 1 is 0.361 bits per heavy atom. The van der Waals surface area contributed by atoms with Gasteiger partial charge in [-0.25, -0.2) is 0 Å². The van der Waals surface area contributed by atoms with Gasteiger partial charge in [-0.15, -0.1) is 0 Å². The fourth-order valence-corrected chi connectivity index (χ4v) is 5.78. The predicted octanol–water partition coefficient (Wildman–Crippen LogP) is 15.5. The van der Waals surface area contributed by atoms with Crippen molar-refractivity contribution in [1.29, 1.82) is 0 Å². The first kappa shape index (κ1) is 56.5. The molecule has 0 rings (SSSR count). The van der Waals surface area contributed by atoms with Crippen molar-refractivity contribution in [3.63, 3.8) is 0 Å². The summed E-state index contributed by atoms with van der Waals surface area (Å²) < 4.78 is 16.6. The summed E-state index contributed by atoms with van der Waals surface area (Å²) in [5.41, 5.74) is 0. The van der Waals surface area contributed by atoms with Crippen LogP contribution in [-0.2, 0) is 28.6 Å². The molecule has 340 valence electrons. The van der Waals surface area contributed by atoms with Crippen LogP contribution in [0.4, 0.5) is 0 Å². The third-order valence-corrected chi connectivity index (χ3v) is 9.31. The van der Waals surface area contributed by atoms with E-state index in [0.29, 0.717) is 25.7 Å². The average molecular weight is 841 g/mol. The van der Waals surface area contributed by atoms with Gasteiger partial charge in [-0.2, -0.15) is 0 Å². The van der Waals surface area contributed by atoms with Crippen molar-refractivity contribution >= 4 is 17.9 Å². The predicted molar refractivity (Wildman–Crippen MR) is 260 cm³/mol. The van der Waals surface area contributed by atoms with Gasteiger partial charge < -0.3 is 14.2 Å². The van der Waals surface area contributed by atoms with Crippen LogP contribution in [0.25, 0.3) is 0 Å². The number of ether oxygens (including phenoxy) is 3. The van der Waals surface area contributed by atoms with Crippen LogP contribution in [-0.4, -0.2) is 37.2 Å². The highest BCUT2D eigenvalue weighted by Crippen LogP contribution is 2.11. The number of carbonyl (C=O) groups excluding carboxylic acids is 3. The average Bonchev–Trinajstić information content (AvgIpc) is 3.26. The van der Waals surface area contributed by atoms with Crippen LogP contribution in [0.1, 0.15) is 175 Å². The van der Waals surface area contributed by atoms with Crippen molar-refractivity contribution in [2.24, 2.45) is 0 Å². The van der Waals surface area contributed by atoms with Gasteiger partial charge in [-0.1, -0.05) is 206 Å². The summed E-state index contributed by atoms with van der Waals surface area (Å²) in [6, 6.07) is 0. The summed E-state index contributed by atoms with van der Waals surface area (Å²) >= 11 is 0. The van der Waals surface area contributed by atoms with Gasteiger partial charge in [0.05, 0.1) is 0 Å². The molecule has 0 aromatic heterocycles. The van der Waals surface area contributed by atoms with Gasteiger partial charge >= 0.3 is 17.9 Å². The van der Waals surface area contributed by atoms with Gasteiger partial charge in [-0.05, 0) is 83.5 Å². The first-order valence-electron chi connectivity index (χ1n) is 23.8. The maximum atomic E-state index is 12.7. The fourth-order valence-electron chi connectivity index (χ4n) is 5.78. The van der Waals surface area contributed by atoms with Gasteiger partial charge in [0, 0.05) is 19.3 Å².